The van der Waals surface area contributed by atoms with Crippen LogP contribution in [-0.4, -0.2) is 17.1 Å². The van der Waals surface area contributed by atoms with Gasteiger partial charge in [-0.2, -0.15) is 0 Å². The average molecular weight is 280 g/mol. The fraction of sp³-hybridized carbons (Fsp3) is 0.231. The van der Waals surface area contributed by atoms with Crippen molar-refractivity contribution in [2.45, 2.75) is 13.0 Å². The van der Waals surface area contributed by atoms with Gasteiger partial charge in [0.1, 0.15) is 23.3 Å². The van der Waals surface area contributed by atoms with Crippen LogP contribution in [0.1, 0.15) is 17.1 Å². The van der Waals surface area contributed by atoms with E-state index in [1.165, 1.54) is 19.2 Å². The predicted molar refractivity (Wildman–Crippen MR) is 69.7 cm³/mol. The Morgan fingerprint density at radius 3 is 2.70 bits per heavy atom. The Balaban J connectivity index is 2.29. The van der Waals surface area contributed by atoms with Gasteiger partial charge in [0.25, 0.3) is 0 Å². The van der Waals surface area contributed by atoms with Gasteiger partial charge in [-0.15, -0.1) is 0 Å². The molecule has 0 saturated carbocycles. The van der Waals surface area contributed by atoms with Crippen molar-refractivity contribution in [1.82, 2.24) is 9.97 Å². The normalized spacial score (nSPS) is 10.6. The number of hydrogen-bond acceptors (Lipinski definition) is 5. The zero-order valence-electron chi connectivity index (χ0n) is 10.9. The molecule has 2 rings (SSSR count). The minimum Gasteiger partial charge on any atom is -0.378 e. The predicted octanol–water partition coefficient (Wildman–Crippen LogP) is 1.78. The van der Waals surface area contributed by atoms with Gasteiger partial charge in [-0.25, -0.2) is 24.6 Å². The molecule has 106 valence electrons. The second kappa shape index (κ2) is 6.36. The number of aromatic nitrogens is 2. The quantitative estimate of drug-likeness (QED) is 0.645. The molecule has 0 aliphatic carbocycles. The van der Waals surface area contributed by atoms with Crippen LogP contribution in [0.5, 0.6) is 0 Å². The molecular weight excluding hydrogens is 266 g/mol. The van der Waals surface area contributed by atoms with E-state index in [1.807, 2.05) is 0 Å². The van der Waals surface area contributed by atoms with Crippen LogP contribution in [0.15, 0.2) is 24.3 Å². The van der Waals surface area contributed by atoms with Crippen LogP contribution in [0.2, 0.25) is 0 Å². The van der Waals surface area contributed by atoms with Crippen molar-refractivity contribution in [3.8, 4) is 0 Å². The molecule has 0 saturated heterocycles. The molecule has 0 aliphatic heterocycles. The molecule has 0 atom stereocenters. The third-order valence-corrected chi connectivity index (χ3v) is 2.63. The topological polar surface area (TPSA) is 73.1 Å². The molecule has 0 radical (unpaired) electrons. The van der Waals surface area contributed by atoms with Crippen molar-refractivity contribution >= 4 is 5.82 Å². The van der Waals surface area contributed by atoms with E-state index in [0.717, 1.165) is 6.07 Å². The molecule has 1 aromatic carbocycles. The first-order valence-electron chi connectivity index (χ1n) is 5.88. The summed E-state index contributed by atoms with van der Waals surface area (Å²) in [7, 11) is 1.54. The van der Waals surface area contributed by atoms with Crippen molar-refractivity contribution < 1.29 is 13.5 Å². The molecule has 2 aromatic rings. The minimum absolute atomic E-state index is 0.137. The van der Waals surface area contributed by atoms with Gasteiger partial charge < -0.3 is 10.2 Å². The number of anilines is 1. The molecule has 0 spiro atoms. The summed E-state index contributed by atoms with van der Waals surface area (Å²) < 4.78 is 31.5. The monoisotopic (exact) mass is 280 g/mol. The SMILES string of the molecule is COCc1cc(NN)nc(Cc2ccc(F)cc2F)n1. The number of nitrogen functional groups attached to an aromatic ring is 1. The van der Waals surface area contributed by atoms with E-state index in [4.69, 9.17) is 10.6 Å². The van der Waals surface area contributed by atoms with E-state index >= 15 is 0 Å². The highest BCUT2D eigenvalue weighted by Gasteiger charge is 2.09. The number of nitrogens with zero attached hydrogens (tertiary/aromatic N) is 2. The van der Waals surface area contributed by atoms with Crippen molar-refractivity contribution in [2.75, 3.05) is 12.5 Å². The minimum atomic E-state index is -0.631. The first kappa shape index (κ1) is 14.3. The summed E-state index contributed by atoms with van der Waals surface area (Å²) in [6.45, 7) is 0.288. The van der Waals surface area contributed by atoms with Crippen LogP contribution >= 0.6 is 0 Å². The number of nitrogens with one attached hydrogen (secondary N) is 1. The molecule has 0 aliphatic rings. The standard InChI is InChI=1S/C13H14F2N4O/c1-20-7-10-6-13(19-16)18-12(17-10)4-8-2-3-9(14)5-11(8)15/h2-3,5-6H,4,7,16H2,1H3,(H,17,18,19). The Hall–Kier alpha value is -2.12. The summed E-state index contributed by atoms with van der Waals surface area (Å²) in [4.78, 5) is 8.37. The van der Waals surface area contributed by atoms with Crippen LogP contribution in [0.4, 0.5) is 14.6 Å². The Labute approximate surface area is 114 Å². The molecule has 0 amide bonds. The Morgan fingerprint density at radius 1 is 1.25 bits per heavy atom. The van der Waals surface area contributed by atoms with Crippen molar-refractivity contribution in [2.24, 2.45) is 5.84 Å². The molecule has 0 unspecified atom stereocenters. The van der Waals surface area contributed by atoms with E-state index < -0.39 is 11.6 Å². The molecule has 1 heterocycles. The maximum Gasteiger partial charge on any atom is 0.144 e. The molecule has 1 aromatic heterocycles. The average Bonchev–Trinajstić information content (AvgIpc) is 2.42. The number of nitrogens with two attached hydrogens (primary N) is 1. The molecule has 5 nitrogen and oxygen atoms in total. The van der Waals surface area contributed by atoms with Crippen LogP contribution in [-0.2, 0) is 17.8 Å². The molecule has 20 heavy (non-hydrogen) atoms. The highest BCUT2D eigenvalue weighted by molar-refractivity contribution is 5.35. The van der Waals surface area contributed by atoms with E-state index in [9.17, 15) is 8.78 Å². The second-order valence-corrected chi connectivity index (χ2v) is 4.15. The van der Waals surface area contributed by atoms with Gasteiger partial charge >= 0.3 is 0 Å². The lowest BCUT2D eigenvalue weighted by Gasteiger charge is -2.08. The number of rotatable bonds is 5. The van der Waals surface area contributed by atoms with E-state index in [0.29, 0.717) is 22.9 Å². The number of benzene rings is 1. The molecule has 3 N–H and O–H groups in total. The van der Waals surface area contributed by atoms with Crippen molar-refractivity contribution in [1.29, 1.82) is 0 Å². The first-order valence-corrected chi connectivity index (χ1v) is 5.88. The Morgan fingerprint density at radius 2 is 2.05 bits per heavy atom. The Kier molecular flexibility index (Phi) is 4.54. The molecule has 7 heteroatoms. The molecule has 0 fully saturated rings. The fourth-order valence-corrected chi connectivity index (χ4v) is 1.76. The van der Waals surface area contributed by atoms with E-state index in [2.05, 4.69) is 15.4 Å². The summed E-state index contributed by atoms with van der Waals surface area (Å²) in [5.74, 6) is 4.85. The lowest BCUT2D eigenvalue weighted by molar-refractivity contribution is 0.181. The summed E-state index contributed by atoms with van der Waals surface area (Å²) in [6.07, 6.45) is 0.137. The van der Waals surface area contributed by atoms with Gasteiger partial charge in [0, 0.05) is 25.7 Å². The highest BCUT2D eigenvalue weighted by Crippen LogP contribution is 2.15. The van der Waals surface area contributed by atoms with E-state index in [-0.39, 0.29) is 13.0 Å². The van der Waals surface area contributed by atoms with Crippen molar-refractivity contribution in [3.63, 3.8) is 0 Å². The van der Waals surface area contributed by atoms with Crippen molar-refractivity contribution in [3.05, 3.63) is 53.0 Å². The molecular formula is C13H14F2N4O. The van der Waals surface area contributed by atoms with Crippen LogP contribution < -0.4 is 11.3 Å². The first-order chi connectivity index (χ1) is 9.62. The smallest absolute Gasteiger partial charge is 0.144 e. The number of ether oxygens (including phenoxy) is 1. The number of methoxy groups -OCH3 is 1. The van der Waals surface area contributed by atoms with Gasteiger partial charge in [0.15, 0.2) is 0 Å². The van der Waals surface area contributed by atoms with Crippen LogP contribution in [0.3, 0.4) is 0 Å². The number of hydrazine groups is 1. The van der Waals surface area contributed by atoms with Gasteiger partial charge in [-0.1, -0.05) is 6.07 Å². The zero-order chi connectivity index (χ0) is 14.5. The number of halogens is 2. The largest absolute Gasteiger partial charge is 0.378 e. The third-order valence-electron chi connectivity index (χ3n) is 2.63. The lowest BCUT2D eigenvalue weighted by Crippen LogP contribution is -2.12. The summed E-state index contributed by atoms with van der Waals surface area (Å²) in [6, 6.07) is 5.02. The van der Waals surface area contributed by atoms with Crippen LogP contribution in [0, 0.1) is 11.6 Å². The summed E-state index contributed by atoms with van der Waals surface area (Å²) >= 11 is 0. The lowest BCUT2D eigenvalue weighted by atomic mass is 10.1. The van der Waals surface area contributed by atoms with Gasteiger partial charge in [-0.05, 0) is 11.6 Å². The third kappa shape index (κ3) is 3.46. The maximum atomic E-state index is 13.6. The van der Waals surface area contributed by atoms with Gasteiger partial charge in [0.05, 0.1) is 12.3 Å². The number of hydrogen-bond donors (Lipinski definition) is 2. The second-order valence-electron chi connectivity index (χ2n) is 4.15. The van der Waals surface area contributed by atoms with Crippen LogP contribution in [0.25, 0.3) is 0 Å². The van der Waals surface area contributed by atoms with Gasteiger partial charge in [-0.3, -0.25) is 0 Å². The summed E-state index contributed by atoms with van der Waals surface area (Å²) in [5, 5.41) is 0. The fourth-order valence-electron chi connectivity index (χ4n) is 1.76. The highest BCUT2D eigenvalue weighted by atomic mass is 19.1. The maximum absolute atomic E-state index is 13.6. The summed E-state index contributed by atoms with van der Waals surface area (Å²) in [5.41, 5.74) is 3.34. The van der Waals surface area contributed by atoms with E-state index in [1.54, 1.807) is 6.07 Å². The Bertz CT molecular complexity index is 607. The van der Waals surface area contributed by atoms with Gasteiger partial charge in [0.2, 0.25) is 0 Å². The molecule has 0 bridgehead atoms. The zero-order valence-corrected chi connectivity index (χ0v) is 10.9.